The molecule has 0 amide bonds. The molecule has 2 N–H and O–H groups in total. The van der Waals surface area contributed by atoms with Crippen LogP contribution in [0.3, 0.4) is 0 Å². The summed E-state index contributed by atoms with van der Waals surface area (Å²) in [5.74, 6) is 4.88. The SMILES string of the molecule is CCCCC#CB(O)O. The maximum absolute atomic E-state index is 8.23. The van der Waals surface area contributed by atoms with Gasteiger partial charge in [0.25, 0.3) is 0 Å². The summed E-state index contributed by atoms with van der Waals surface area (Å²) in [5.41, 5.74) is 0. The molecule has 0 aliphatic carbocycles. The van der Waals surface area contributed by atoms with Crippen LogP contribution in [0.1, 0.15) is 26.2 Å². The highest BCUT2D eigenvalue weighted by Gasteiger charge is 1.96. The van der Waals surface area contributed by atoms with Gasteiger partial charge >= 0.3 is 7.12 Å². The first-order valence-corrected chi connectivity index (χ1v) is 3.12. The summed E-state index contributed by atoms with van der Waals surface area (Å²) < 4.78 is 0. The maximum Gasteiger partial charge on any atom is 0.544 e. The van der Waals surface area contributed by atoms with E-state index in [0.717, 1.165) is 19.3 Å². The van der Waals surface area contributed by atoms with Crippen LogP contribution in [-0.2, 0) is 0 Å². The molecular formula is C6H11BO2. The summed E-state index contributed by atoms with van der Waals surface area (Å²) in [5, 5.41) is 16.5. The summed E-state index contributed by atoms with van der Waals surface area (Å²) in [4.78, 5) is 0. The molecule has 0 saturated carbocycles. The van der Waals surface area contributed by atoms with Gasteiger partial charge in [-0.3, -0.25) is 0 Å². The van der Waals surface area contributed by atoms with Crippen molar-refractivity contribution in [3.05, 3.63) is 0 Å². The zero-order valence-corrected chi connectivity index (χ0v) is 5.59. The van der Waals surface area contributed by atoms with Crippen molar-refractivity contribution in [3.8, 4) is 11.7 Å². The molecule has 3 heteroatoms. The van der Waals surface area contributed by atoms with Gasteiger partial charge in [-0.2, -0.15) is 0 Å². The van der Waals surface area contributed by atoms with E-state index < -0.39 is 7.12 Å². The molecule has 9 heavy (non-hydrogen) atoms. The molecule has 50 valence electrons. The highest BCUT2D eigenvalue weighted by molar-refractivity contribution is 6.51. The topological polar surface area (TPSA) is 40.5 Å². The van der Waals surface area contributed by atoms with Crippen molar-refractivity contribution in [2.75, 3.05) is 0 Å². The van der Waals surface area contributed by atoms with Gasteiger partial charge in [0.15, 0.2) is 0 Å². The standard InChI is InChI=1S/C6H11BO2/c1-2-3-4-5-6-7(8)9/h8-9H,2-4H2,1H3. The number of hydrogen-bond donors (Lipinski definition) is 2. The fourth-order valence-electron chi connectivity index (χ4n) is 0.429. The van der Waals surface area contributed by atoms with Crippen LogP contribution in [0.25, 0.3) is 0 Å². The van der Waals surface area contributed by atoms with Gasteiger partial charge in [0.2, 0.25) is 0 Å². The number of hydrogen-bond acceptors (Lipinski definition) is 2. The van der Waals surface area contributed by atoms with E-state index in [0.29, 0.717) is 0 Å². The Bertz CT molecular complexity index is 112. The molecule has 0 radical (unpaired) electrons. The third-order valence-corrected chi connectivity index (χ3v) is 0.886. The Morgan fingerprint density at radius 1 is 1.44 bits per heavy atom. The molecule has 0 atom stereocenters. The van der Waals surface area contributed by atoms with Gasteiger partial charge in [-0.1, -0.05) is 19.2 Å². The fraction of sp³-hybridized carbons (Fsp3) is 0.667. The van der Waals surface area contributed by atoms with Crippen LogP contribution in [0.5, 0.6) is 0 Å². The van der Waals surface area contributed by atoms with Crippen molar-refractivity contribution >= 4 is 7.12 Å². The van der Waals surface area contributed by atoms with Gasteiger partial charge in [-0.15, -0.1) is 5.92 Å². The molecule has 0 aliphatic heterocycles. The van der Waals surface area contributed by atoms with Gasteiger partial charge < -0.3 is 10.0 Å². The monoisotopic (exact) mass is 126 g/mol. The second kappa shape index (κ2) is 5.68. The second-order valence-corrected chi connectivity index (χ2v) is 1.80. The molecule has 0 aromatic heterocycles. The molecule has 0 aliphatic rings. The molecule has 0 unspecified atom stereocenters. The van der Waals surface area contributed by atoms with Gasteiger partial charge in [0, 0.05) is 6.42 Å². The largest absolute Gasteiger partial charge is 0.544 e. The van der Waals surface area contributed by atoms with Gasteiger partial charge in [0.05, 0.1) is 0 Å². The minimum atomic E-state index is -1.46. The molecule has 2 nitrogen and oxygen atoms in total. The van der Waals surface area contributed by atoms with Crippen LogP contribution in [0.15, 0.2) is 0 Å². The molecule has 0 saturated heterocycles. The predicted molar refractivity (Wildman–Crippen MR) is 37.5 cm³/mol. The van der Waals surface area contributed by atoms with Crippen LogP contribution >= 0.6 is 0 Å². The lowest BCUT2D eigenvalue weighted by molar-refractivity contribution is 0.427. The first-order chi connectivity index (χ1) is 4.27. The zero-order chi connectivity index (χ0) is 7.11. The van der Waals surface area contributed by atoms with Gasteiger partial charge in [-0.05, 0) is 6.42 Å². The quantitative estimate of drug-likeness (QED) is 0.315. The number of rotatable bonds is 2. The van der Waals surface area contributed by atoms with Crippen LogP contribution < -0.4 is 0 Å². The molecule has 0 rings (SSSR count). The van der Waals surface area contributed by atoms with Crippen LogP contribution in [0.2, 0.25) is 0 Å². The number of unbranched alkanes of at least 4 members (excludes halogenated alkanes) is 2. The zero-order valence-electron chi connectivity index (χ0n) is 5.59. The average Bonchev–Trinajstić information content (AvgIpc) is 1.80. The van der Waals surface area contributed by atoms with E-state index in [9.17, 15) is 0 Å². The van der Waals surface area contributed by atoms with Crippen molar-refractivity contribution < 1.29 is 10.0 Å². The fourth-order valence-corrected chi connectivity index (χ4v) is 0.429. The third-order valence-electron chi connectivity index (χ3n) is 0.886. The van der Waals surface area contributed by atoms with E-state index in [1.165, 1.54) is 0 Å². The lowest BCUT2D eigenvalue weighted by Gasteiger charge is -1.83. The van der Waals surface area contributed by atoms with Crippen LogP contribution in [0.4, 0.5) is 0 Å². The van der Waals surface area contributed by atoms with Crippen molar-refractivity contribution in [2.45, 2.75) is 26.2 Å². The van der Waals surface area contributed by atoms with E-state index in [1.54, 1.807) is 0 Å². The lowest BCUT2D eigenvalue weighted by Crippen LogP contribution is -2.06. The van der Waals surface area contributed by atoms with Crippen molar-refractivity contribution in [2.24, 2.45) is 0 Å². The first kappa shape index (κ1) is 8.54. The Morgan fingerprint density at radius 2 is 2.11 bits per heavy atom. The Morgan fingerprint density at radius 3 is 2.56 bits per heavy atom. The third kappa shape index (κ3) is 7.54. The molecule has 0 aromatic rings. The van der Waals surface area contributed by atoms with E-state index in [-0.39, 0.29) is 0 Å². The lowest BCUT2D eigenvalue weighted by atomic mass is 9.94. The molecular weight excluding hydrogens is 115 g/mol. The summed E-state index contributed by atoms with van der Waals surface area (Å²) in [6.45, 7) is 2.07. The van der Waals surface area contributed by atoms with E-state index in [2.05, 4.69) is 18.7 Å². The summed E-state index contributed by atoms with van der Waals surface area (Å²) in [6, 6.07) is 0. The normalized spacial score (nSPS) is 7.89. The van der Waals surface area contributed by atoms with Crippen LogP contribution in [-0.4, -0.2) is 17.2 Å². The Balaban J connectivity index is 3.16. The Kier molecular flexibility index (Phi) is 5.39. The molecule has 0 aromatic carbocycles. The minimum absolute atomic E-state index is 0.758. The van der Waals surface area contributed by atoms with Crippen molar-refractivity contribution in [1.82, 2.24) is 0 Å². The van der Waals surface area contributed by atoms with Crippen molar-refractivity contribution in [1.29, 1.82) is 0 Å². The first-order valence-electron chi connectivity index (χ1n) is 3.12. The molecule has 0 bridgehead atoms. The summed E-state index contributed by atoms with van der Waals surface area (Å²) in [7, 11) is -1.46. The van der Waals surface area contributed by atoms with Gasteiger partial charge in [0.1, 0.15) is 0 Å². The highest BCUT2D eigenvalue weighted by Crippen LogP contribution is 1.89. The predicted octanol–water partition coefficient (Wildman–Crippen LogP) is 0.192. The van der Waals surface area contributed by atoms with E-state index in [1.807, 2.05) is 0 Å². The molecule has 0 heterocycles. The molecule has 0 fully saturated rings. The average molecular weight is 126 g/mol. The van der Waals surface area contributed by atoms with Crippen LogP contribution in [0, 0.1) is 11.7 Å². The molecule has 0 spiro atoms. The highest BCUT2D eigenvalue weighted by atomic mass is 16.4. The van der Waals surface area contributed by atoms with E-state index in [4.69, 9.17) is 10.0 Å². The van der Waals surface area contributed by atoms with Gasteiger partial charge in [-0.25, -0.2) is 0 Å². The van der Waals surface area contributed by atoms with E-state index >= 15 is 0 Å². The smallest absolute Gasteiger partial charge is 0.416 e. The summed E-state index contributed by atoms with van der Waals surface area (Å²) in [6.07, 6.45) is 2.88. The Hall–Kier alpha value is -0.455. The maximum atomic E-state index is 8.23. The van der Waals surface area contributed by atoms with Crippen molar-refractivity contribution in [3.63, 3.8) is 0 Å². The Labute approximate surface area is 56.0 Å². The summed E-state index contributed by atoms with van der Waals surface area (Å²) >= 11 is 0. The second-order valence-electron chi connectivity index (χ2n) is 1.80. The minimum Gasteiger partial charge on any atom is -0.416 e.